The van der Waals surface area contributed by atoms with Gasteiger partial charge in [0.15, 0.2) is 0 Å². The SMILES string of the molecule is C=CC(C)(O)CCC1CC1(C)C. The molecular weight excluding hydrogens is 148 g/mol. The first-order valence-corrected chi connectivity index (χ1v) is 4.73. The van der Waals surface area contributed by atoms with E-state index in [0.29, 0.717) is 5.41 Å². The standard InChI is InChI=1S/C11H20O/c1-5-11(4,12)7-6-9-8-10(9,2)3/h5,9,12H,1,6-8H2,2-4H3. The first-order chi connectivity index (χ1) is 5.37. The Hall–Kier alpha value is -0.300. The molecule has 0 aromatic carbocycles. The number of rotatable bonds is 4. The smallest absolute Gasteiger partial charge is 0.0797 e. The Morgan fingerprint density at radius 2 is 2.17 bits per heavy atom. The third-order valence-corrected chi connectivity index (χ3v) is 3.16. The number of aliphatic hydroxyl groups is 1. The van der Waals surface area contributed by atoms with E-state index in [9.17, 15) is 5.11 Å². The van der Waals surface area contributed by atoms with Crippen molar-refractivity contribution in [3.63, 3.8) is 0 Å². The van der Waals surface area contributed by atoms with Crippen LogP contribution in [-0.2, 0) is 0 Å². The van der Waals surface area contributed by atoms with Crippen molar-refractivity contribution in [3.05, 3.63) is 12.7 Å². The Balaban J connectivity index is 2.24. The van der Waals surface area contributed by atoms with E-state index in [2.05, 4.69) is 20.4 Å². The highest BCUT2D eigenvalue weighted by Crippen LogP contribution is 2.54. The van der Waals surface area contributed by atoms with Crippen LogP contribution in [0.25, 0.3) is 0 Å². The van der Waals surface area contributed by atoms with Crippen LogP contribution >= 0.6 is 0 Å². The van der Waals surface area contributed by atoms with E-state index in [1.54, 1.807) is 6.08 Å². The van der Waals surface area contributed by atoms with E-state index in [0.717, 1.165) is 18.8 Å². The minimum absolute atomic E-state index is 0.539. The molecule has 1 nitrogen and oxygen atoms in total. The van der Waals surface area contributed by atoms with E-state index in [1.165, 1.54) is 6.42 Å². The lowest BCUT2D eigenvalue weighted by molar-refractivity contribution is 0.0967. The first-order valence-electron chi connectivity index (χ1n) is 4.73. The lowest BCUT2D eigenvalue weighted by Crippen LogP contribution is -2.20. The molecule has 1 aliphatic carbocycles. The molecule has 0 aromatic rings. The third-order valence-electron chi connectivity index (χ3n) is 3.16. The van der Waals surface area contributed by atoms with E-state index >= 15 is 0 Å². The minimum atomic E-state index is -0.654. The summed E-state index contributed by atoms with van der Waals surface area (Å²) >= 11 is 0. The third kappa shape index (κ3) is 2.34. The van der Waals surface area contributed by atoms with E-state index in [1.807, 2.05) is 6.92 Å². The van der Waals surface area contributed by atoms with Gasteiger partial charge in [-0.3, -0.25) is 0 Å². The molecular formula is C11H20O. The highest BCUT2D eigenvalue weighted by Gasteiger charge is 2.45. The second kappa shape index (κ2) is 2.88. The first kappa shape index (κ1) is 9.79. The maximum Gasteiger partial charge on any atom is 0.0797 e. The van der Waals surface area contributed by atoms with E-state index in [-0.39, 0.29) is 0 Å². The van der Waals surface area contributed by atoms with Gasteiger partial charge in [-0.1, -0.05) is 19.9 Å². The molecule has 0 aliphatic heterocycles. The van der Waals surface area contributed by atoms with E-state index < -0.39 is 5.60 Å². The van der Waals surface area contributed by atoms with Crippen molar-refractivity contribution in [2.24, 2.45) is 11.3 Å². The van der Waals surface area contributed by atoms with Gasteiger partial charge in [-0.05, 0) is 37.5 Å². The Bertz CT molecular complexity index is 179. The van der Waals surface area contributed by atoms with Crippen molar-refractivity contribution in [3.8, 4) is 0 Å². The fourth-order valence-corrected chi connectivity index (χ4v) is 1.64. The summed E-state index contributed by atoms with van der Waals surface area (Å²) in [5, 5.41) is 9.65. The highest BCUT2D eigenvalue weighted by atomic mass is 16.3. The van der Waals surface area contributed by atoms with Gasteiger partial charge in [-0.25, -0.2) is 0 Å². The molecule has 0 heterocycles. The molecule has 1 rings (SSSR count). The molecule has 0 aromatic heterocycles. The largest absolute Gasteiger partial charge is 0.386 e. The Morgan fingerprint density at radius 3 is 2.50 bits per heavy atom. The van der Waals surface area contributed by atoms with Gasteiger partial charge in [0.2, 0.25) is 0 Å². The van der Waals surface area contributed by atoms with Crippen LogP contribution in [0.2, 0.25) is 0 Å². The van der Waals surface area contributed by atoms with Gasteiger partial charge in [0.25, 0.3) is 0 Å². The lowest BCUT2D eigenvalue weighted by atomic mass is 9.96. The molecule has 70 valence electrons. The van der Waals surface area contributed by atoms with Crippen LogP contribution in [0.4, 0.5) is 0 Å². The molecule has 2 atom stereocenters. The van der Waals surface area contributed by atoms with Gasteiger partial charge in [0.05, 0.1) is 5.60 Å². The van der Waals surface area contributed by atoms with E-state index in [4.69, 9.17) is 0 Å². The molecule has 0 bridgehead atoms. The quantitative estimate of drug-likeness (QED) is 0.640. The lowest BCUT2D eigenvalue weighted by Gasteiger charge is -2.18. The van der Waals surface area contributed by atoms with Crippen LogP contribution in [0.5, 0.6) is 0 Å². The monoisotopic (exact) mass is 168 g/mol. The Labute approximate surface area is 75.5 Å². The van der Waals surface area contributed by atoms with Gasteiger partial charge < -0.3 is 5.11 Å². The molecule has 1 saturated carbocycles. The maximum absolute atomic E-state index is 9.65. The van der Waals surface area contributed by atoms with Gasteiger partial charge in [-0.2, -0.15) is 0 Å². The molecule has 1 aliphatic rings. The van der Waals surface area contributed by atoms with Crippen molar-refractivity contribution in [2.75, 3.05) is 0 Å². The molecule has 12 heavy (non-hydrogen) atoms. The molecule has 0 spiro atoms. The summed E-state index contributed by atoms with van der Waals surface area (Å²) in [5.74, 6) is 0.823. The average molecular weight is 168 g/mol. The normalized spacial score (nSPS) is 30.8. The molecule has 1 fully saturated rings. The topological polar surface area (TPSA) is 20.2 Å². The zero-order chi connectivity index (χ0) is 9.41. The van der Waals surface area contributed by atoms with Crippen molar-refractivity contribution >= 4 is 0 Å². The summed E-state index contributed by atoms with van der Waals surface area (Å²) < 4.78 is 0. The second-order valence-electron chi connectivity index (χ2n) is 4.99. The van der Waals surface area contributed by atoms with Crippen LogP contribution in [0.3, 0.4) is 0 Å². The zero-order valence-electron chi connectivity index (χ0n) is 8.43. The van der Waals surface area contributed by atoms with Crippen LogP contribution < -0.4 is 0 Å². The van der Waals surface area contributed by atoms with Crippen LogP contribution in [-0.4, -0.2) is 10.7 Å². The predicted octanol–water partition coefficient (Wildman–Crippen LogP) is 2.75. The summed E-state index contributed by atoms with van der Waals surface area (Å²) in [4.78, 5) is 0. The molecule has 0 amide bonds. The van der Waals surface area contributed by atoms with Gasteiger partial charge in [-0.15, -0.1) is 6.58 Å². The molecule has 1 N–H and O–H groups in total. The fourth-order valence-electron chi connectivity index (χ4n) is 1.64. The number of hydrogen-bond acceptors (Lipinski definition) is 1. The molecule has 2 unspecified atom stereocenters. The van der Waals surface area contributed by atoms with Crippen LogP contribution in [0.15, 0.2) is 12.7 Å². The van der Waals surface area contributed by atoms with Crippen molar-refractivity contribution in [1.29, 1.82) is 0 Å². The Morgan fingerprint density at radius 1 is 1.67 bits per heavy atom. The predicted molar refractivity (Wildman–Crippen MR) is 51.9 cm³/mol. The average Bonchev–Trinajstić information content (AvgIpc) is 2.56. The summed E-state index contributed by atoms with van der Waals surface area (Å²) in [7, 11) is 0. The van der Waals surface area contributed by atoms with Crippen molar-refractivity contribution in [2.45, 2.75) is 45.6 Å². The van der Waals surface area contributed by atoms with Gasteiger partial charge >= 0.3 is 0 Å². The van der Waals surface area contributed by atoms with Crippen molar-refractivity contribution in [1.82, 2.24) is 0 Å². The highest BCUT2D eigenvalue weighted by molar-refractivity contribution is 4.98. The second-order valence-corrected chi connectivity index (χ2v) is 4.99. The fraction of sp³-hybridized carbons (Fsp3) is 0.818. The number of hydrogen-bond donors (Lipinski definition) is 1. The Kier molecular flexibility index (Phi) is 2.35. The summed E-state index contributed by atoms with van der Waals surface area (Å²) in [5.41, 5.74) is -0.115. The zero-order valence-corrected chi connectivity index (χ0v) is 8.43. The molecule has 1 heteroatoms. The maximum atomic E-state index is 9.65. The van der Waals surface area contributed by atoms with Crippen molar-refractivity contribution < 1.29 is 5.11 Å². The summed E-state index contributed by atoms with van der Waals surface area (Å²) in [6, 6.07) is 0. The molecule has 0 radical (unpaired) electrons. The van der Waals surface area contributed by atoms with Gasteiger partial charge in [0, 0.05) is 0 Å². The van der Waals surface area contributed by atoms with Gasteiger partial charge in [0.1, 0.15) is 0 Å². The molecule has 0 saturated heterocycles. The summed E-state index contributed by atoms with van der Waals surface area (Å²) in [6.07, 6.45) is 4.94. The summed E-state index contributed by atoms with van der Waals surface area (Å²) in [6.45, 7) is 10.0. The van der Waals surface area contributed by atoms with Crippen LogP contribution in [0.1, 0.15) is 40.0 Å². The minimum Gasteiger partial charge on any atom is -0.386 e. The van der Waals surface area contributed by atoms with Crippen LogP contribution in [0, 0.1) is 11.3 Å².